The summed E-state index contributed by atoms with van der Waals surface area (Å²) in [7, 11) is -3.21. The van der Waals surface area contributed by atoms with Crippen LogP contribution < -0.4 is 5.32 Å². The number of benzene rings is 1. The van der Waals surface area contributed by atoms with Crippen LogP contribution in [0, 0.1) is 19.8 Å². The summed E-state index contributed by atoms with van der Waals surface area (Å²) in [6.45, 7) is 6.39. The topological polar surface area (TPSA) is 86.8 Å². The predicted octanol–water partition coefficient (Wildman–Crippen LogP) is 2.21. The first kappa shape index (κ1) is 22.1. The molecule has 29 heavy (non-hydrogen) atoms. The molecule has 1 aromatic rings. The molecule has 0 spiro atoms. The molecule has 1 atom stereocenters. The van der Waals surface area contributed by atoms with Crippen LogP contribution in [-0.2, 0) is 19.6 Å². The highest BCUT2D eigenvalue weighted by molar-refractivity contribution is 7.99. The van der Waals surface area contributed by atoms with Crippen molar-refractivity contribution in [1.29, 1.82) is 0 Å². The third kappa shape index (κ3) is 4.95. The molecule has 2 aliphatic rings. The van der Waals surface area contributed by atoms with Gasteiger partial charge in [0, 0.05) is 30.4 Å². The number of carbonyl (C=O) groups is 2. The molecule has 0 radical (unpaired) electrons. The van der Waals surface area contributed by atoms with Gasteiger partial charge in [-0.3, -0.25) is 9.59 Å². The zero-order chi connectivity index (χ0) is 21.2. The molecule has 3 rings (SSSR count). The number of carbonyl (C=O) groups excluding carboxylic acids is 2. The van der Waals surface area contributed by atoms with E-state index in [9.17, 15) is 18.0 Å². The average molecular weight is 440 g/mol. The number of nitrogens with zero attached hydrogens (tertiary/aromatic N) is 2. The molecule has 2 aliphatic heterocycles. The summed E-state index contributed by atoms with van der Waals surface area (Å²) in [4.78, 5) is 27.5. The number of sulfonamides is 1. The minimum absolute atomic E-state index is 0.0382. The lowest BCUT2D eigenvalue weighted by molar-refractivity contribution is -0.140. The van der Waals surface area contributed by atoms with Crippen LogP contribution in [0.3, 0.4) is 0 Å². The van der Waals surface area contributed by atoms with Crippen LogP contribution in [-0.4, -0.2) is 66.0 Å². The Morgan fingerprint density at radius 1 is 1.17 bits per heavy atom. The minimum atomic E-state index is -3.21. The maximum atomic E-state index is 13.1. The van der Waals surface area contributed by atoms with Gasteiger partial charge in [-0.25, -0.2) is 12.7 Å². The van der Waals surface area contributed by atoms with E-state index >= 15 is 0 Å². The molecule has 1 aromatic carbocycles. The van der Waals surface area contributed by atoms with Gasteiger partial charge in [0.2, 0.25) is 21.8 Å². The van der Waals surface area contributed by atoms with E-state index in [0.29, 0.717) is 37.6 Å². The summed E-state index contributed by atoms with van der Waals surface area (Å²) >= 11 is 1.57. The number of thioether (sulfide) groups is 1. The van der Waals surface area contributed by atoms with Crippen LogP contribution >= 0.6 is 11.8 Å². The van der Waals surface area contributed by atoms with E-state index in [1.165, 1.54) is 4.31 Å². The highest BCUT2D eigenvalue weighted by atomic mass is 32.2. The van der Waals surface area contributed by atoms with E-state index in [0.717, 1.165) is 16.8 Å². The molecule has 1 unspecified atom stereocenters. The van der Waals surface area contributed by atoms with Crippen LogP contribution in [0.5, 0.6) is 0 Å². The SMILES string of the molecule is CCS(=O)(=O)N1CCC(C(=O)N2CSCC2C(=O)Nc2ccc(C)c(C)c2)CC1. The van der Waals surface area contributed by atoms with Crippen molar-refractivity contribution in [3.63, 3.8) is 0 Å². The van der Waals surface area contributed by atoms with Crippen molar-refractivity contribution in [2.75, 3.05) is 35.8 Å². The Morgan fingerprint density at radius 3 is 2.48 bits per heavy atom. The molecule has 2 saturated heterocycles. The Kier molecular flexibility index (Phi) is 6.90. The lowest BCUT2D eigenvalue weighted by atomic mass is 9.96. The standard InChI is InChI=1S/C20H29N3O4S2/c1-4-29(26,27)22-9-7-16(8-10-22)20(25)23-13-28-12-18(23)19(24)21-17-6-5-14(2)15(3)11-17/h5-6,11,16,18H,4,7-10,12-13H2,1-3H3,(H,21,24). The number of hydrogen-bond acceptors (Lipinski definition) is 5. The lowest BCUT2D eigenvalue weighted by Crippen LogP contribution is -2.49. The Balaban J connectivity index is 1.62. The fourth-order valence-corrected chi connectivity index (χ4v) is 6.02. The molecule has 2 fully saturated rings. The van der Waals surface area contributed by atoms with E-state index < -0.39 is 16.1 Å². The molecule has 0 aliphatic carbocycles. The van der Waals surface area contributed by atoms with Gasteiger partial charge in [-0.1, -0.05) is 6.07 Å². The Bertz CT molecular complexity index is 880. The van der Waals surface area contributed by atoms with Gasteiger partial charge in [-0.05, 0) is 56.9 Å². The summed E-state index contributed by atoms with van der Waals surface area (Å²) in [5.74, 6) is 0.716. The number of aryl methyl sites for hydroxylation is 2. The first-order valence-corrected chi connectivity index (χ1v) is 12.7. The molecule has 0 bridgehead atoms. The van der Waals surface area contributed by atoms with Crippen molar-refractivity contribution in [3.8, 4) is 0 Å². The van der Waals surface area contributed by atoms with E-state index in [1.54, 1.807) is 23.6 Å². The van der Waals surface area contributed by atoms with Gasteiger partial charge in [0.25, 0.3) is 0 Å². The monoisotopic (exact) mass is 439 g/mol. The lowest BCUT2D eigenvalue weighted by Gasteiger charge is -2.33. The molecule has 0 aromatic heterocycles. The first-order chi connectivity index (χ1) is 13.7. The van der Waals surface area contributed by atoms with Crippen molar-refractivity contribution in [1.82, 2.24) is 9.21 Å². The number of rotatable bonds is 5. The summed E-state index contributed by atoms with van der Waals surface area (Å²) in [5.41, 5.74) is 3.00. The summed E-state index contributed by atoms with van der Waals surface area (Å²) < 4.78 is 25.5. The molecule has 1 N–H and O–H groups in total. The van der Waals surface area contributed by atoms with Crippen molar-refractivity contribution in [2.24, 2.45) is 5.92 Å². The average Bonchev–Trinajstić information content (AvgIpc) is 3.20. The maximum absolute atomic E-state index is 13.1. The van der Waals surface area contributed by atoms with Gasteiger partial charge in [-0.15, -0.1) is 11.8 Å². The van der Waals surface area contributed by atoms with Gasteiger partial charge in [0.05, 0.1) is 11.6 Å². The number of nitrogens with one attached hydrogen (secondary N) is 1. The van der Waals surface area contributed by atoms with Crippen LogP contribution in [0.4, 0.5) is 5.69 Å². The van der Waals surface area contributed by atoms with Crippen molar-refractivity contribution in [3.05, 3.63) is 29.3 Å². The van der Waals surface area contributed by atoms with Gasteiger partial charge in [-0.2, -0.15) is 0 Å². The van der Waals surface area contributed by atoms with Crippen molar-refractivity contribution < 1.29 is 18.0 Å². The van der Waals surface area contributed by atoms with Crippen LogP contribution in [0.15, 0.2) is 18.2 Å². The highest BCUT2D eigenvalue weighted by Crippen LogP contribution is 2.28. The molecule has 2 heterocycles. The quantitative estimate of drug-likeness (QED) is 0.760. The molecule has 9 heteroatoms. The van der Waals surface area contributed by atoms with E-state index in [1.807, 2.05) is 32.0 Å². The van der Waals surface area contributed by atoms with Crippen molar-refractivity contribution >= 4 is 39.3 Å². The largest absolute Gasteiger partial charge is 0.324 e. The zero-order valence-electron chi connectivity index (χ0n) is 17.2. The fourth-order valence-electron chi connectivity index (χ4n) is 3.72. The zero-order valence-corrected chi connectivity index (χ0v) is 18.8. The highest BCUT2D eigenvalue weighted by Gasteiger charge is 2.39. The number of piperidine rings is 1. The molecule has 0 saturated carbocycles. The molecular weight excluding hydrogens is 410 g/mol. The number of anilines is 1. The maximum Gasteiger partial charge on any atom is 0.248 e. The molecule has 7 nitrogen and oxygen atoms in total. The van der Waals surface area contributed by atoms with Gasteiger partial charge < -0.3 is 10.2 Å². The molecule has 160 valence electrons. The van der Waals surface area contributed by atoms with Gasteiger partial charge in [0.15, 0.2) is 0 Å². The molecule has 2 amide bonds. The van der Waals surface area contributed by atoms with E-state index in [4.69, 9.17) is 0 Å². The smallest absolute Gasteiger partial charge is 0.248 e. The summed E-state index contributed by atoms with van der Waals surface area (Å²) in [5, 5.41) is 2.94. The molecular formula is C20H29N3O4S2. The van der Waals surface area contributed by atoms with Gasteiger partial charge in [0.1, 0.15) is 6.04 Å². The number of hydrogen-bond donors (Lipinski definition) is 1. The summed E-state index contributed by atoms with van der Waals surface area (Å²) in [6, 6.07) is 5.28. The second-order valence-corrected chi connectivity index (χ2v) is 10.9. The van der Waals surface area contributed by atoms with Crippen molar-refractivity contribution in [2.45, 2.75) is 39.7 Å². The van der Waals surface area contributed by atoms with E-state index in [-0.39, 0.29) is 23.5 Å². The predicted molar refractivity (Wildman–Crippen MR) is 116 cm³/mol. The van der Waals surface area contributed by atoms with E-state index in [2.05, 4.69) is 5.32 Å². The Labute approximate surface area is 177 Å². The fraction of sp³-hybridized carbons (Fsp3) is 0.600. The van der Waals surface area contributed by atoms with Crippen LogP contribution in [0.2, 0.25) is 0 Å². The second kappa shape index (κ2) is 9.06. The first-order valence-electron chi connectivity index (χ1n) is 9.97. The Hall–Kier alpha value is -1.58. The van der Waals surface area contributed by atoms with Gasteiger partial charge >= 0.3 is 0 Å². The minimum Gasteiger partial charge on any atom is -0.324 e. The normalized spacial score (nSPS) is 21.3. The third-order valence-corrected chi connectivity index (χ3v) is 8.70. The summed E-state index contributed by atoms with van der Waals surface area (Å²) in [6.07, 6.45) is 1.01. The van der Waals surface area contributed by atoms with Crippen LogP contribution in [0.25, 0.3) is 0 Å². The van der Waals surface area contributed by atoms with Crippen LogP contribution in [0.1, 0.15) is 30.9 Å². The Morgan fingerprint density at radius 2 is 1.86 bits per heavy atom. The third-order valence-electron chi connectivity index (χ3n) is 5.80. The number of amides is 2. The second-order valence-electron chi connectivity index (χ2n) is 7.69.